The van der Waals surface area contributed by atoms with E-state index in [-0.39, 0.29) is 18.0 Å². The Labute approximate surface area is 192 Å². The highest BCUT2D eigenvalue weighted by atomic mass is 16.5. The van der Waals surface area contributed by atoms with Crippen LogP contribution in [-0.4, -0.2) is 65.2 Å². The number of likely N-dealkylation sites (tertiary alicyclic amines) is 1. The van der Waals surface area contributed by atoms with Crippen LogP contribution in [0.3, 0.4) is 0 Å². The monoisotopic (exact) mass is 440 g/mol. The van der Waals surface area contributed by atoms with E-state index in [1.807, 2.05) is 52.0 Å². The van der Waals surface area contributed by atoms with Crippen LogP contribution in [0.25, 0.3) is 0 Å². The van der Waals surface area contributed by atoms with Gasteiger partial charge in [0.2, 0.25) is 5.90 Å². The largest absolute Gasteiger partial charge is 0.861 e. The number of ether oxygens (including phenoxy) is 1. The number of aliphatic hydroxyl groups is 1. The fraction of sp³-hybridized carbons (Fsp3) is 0.692. The standard InChI is InChI=1S/C26H39N3O3/c1-17-9-5-8-12-20(17)25-27-21(16-32-25)23(30)15-29-14-19-11-7-6-10-18(19)13-22(29)24(31)28-26(2,3)4/h5,8-9,12,18-19,21-23,30H,6-7,10-11,13-16H2,1-4H3,(H,28,31)/p-1/t18-,19+,21-,22-,23+/m0/s1. The van der Waals surface area contributed by atoms with E-state index in [9.17, 15) is 10.2 Å². The summed E-state index contributed by atoms with van der Waals surface area (Å²) in [6.45, 7) is 9.59. The fourth-order valence-corrected chi connectivity index (χ4v) is 5.47. The molecule has 1 aliphatic carbocycles. The molecule has 1 saturated heterocycles. The third-order valence-corrected chi connectivity index (χ3v) is 7.15. The minimum atomic E-state index is -0.679. The molecule has 176 valence electrons. The van der Waals surface area contributed by atoms with E-state index in [1.54, 1.807) is 0 Å². The summed E-state index contributed by atoms with van der Waals surface area (Å²) in [5, 5.41) is 24.2. The number of β-amino-alcohol motifs (C(OH)–C–C–N with tert-alkyl or cyclic N) is 1. The summed E-state index contributed by atoms with van der Waals surface area (Å²) in [5.74, 6) is 1.77. The molecule has 0 bridgehead atoms. The normalized spacial score (nSPS) is 30.4. The number of hydrogen-bond donors (Lipinski definition) is 1. The molecule has 2 heterocycles. The molecule has 2 fully saturated rings. The van der Waals surface area contributed by atoms with Gasteiger partial charge in [-0.3, -0.25) is 9.89 Å². The van der Waals surface area contributed by atoms with Crippen molar-refractivity contribution in [1.82, 2.24) is 4.90 Å². The van der Waals surface area contributed by atoms with Gasteiger partial charge in [-0.2, -0.15) is 0 Å². The molecule has 6 heteroatoms. The lowest BCUT2D eigenvalue weighted by Gasteiger charge is -2.48. The predicted molar refractivity (Wildman–Crippen MR) is 126 cm³/mol. The molecule has 0 aromatic heterocycles. The van der Waals surface area contributed by atoms with Gasteiger partial charge in [0.25, 0.3) is 0 Å². The molecule has 0 unspecified atom stereocenters. The molecular weight excluding hydrogens is 402 g/mol. The van der Waals surface area contributed by atoms with Crippen molar-refractivity contribution in [1.29, 1.82) is 0 Å². The summed E-state index contributed by atoms with van der Waals surface area (Å²) in [4.78, 5) is 11.4. The molecule has 2 aliphatic heterocycles. The van der Waals surface area contributed by atoms with Crippen LogP contribution in [-0.2, 0) is 4.74 Å². The molecule has 1 saturated carbocycles. The van der Waals surface area contributed by atoms with Crippen molar-refractivity contribution in [3.05, 3.63) is 35.4 Å². The van der Waals surface area contributed by atoms with Gasteiger partial charge in [0.15, 0.2) is 0 Å². The van der Waals surface area contributed by atoms with Gasteiger partial charge in [-0.1, -0.05) is 37.5 Å². The van der Waals surface area contributed by atoms with E-state index < -0.39 is 11.6 Å². The van der Waals surface area contributed by atoms with Crippen LogP contribution in [0.5, 0.6) is 0 Å². The minimum Gasteiger partial charge on any atom is -0.861 e. The highest BCUT2D eigenvalue weighted by Gasteiger charge is 2.39. The van der Waals surface area contributed by atoms with E-state index in [1.165, 1.54) is 25.7 Å². The quantitative estimate of drug-likeness (QED) is 0.564. The number of aliphatic hydroxyl groups excluding tert-OH is 1. The van der Waals surface area contributed by atoms with Gasteiger partial charge in [-0.25, -0.2) is 4.99 Å². The fourth-order valence-electron chi connectivity index (χ4n) is 5.47. The molecule has 1 N–H and O–H groups in total. The number of aryl methyl sites for hydroxylation is 1. The van der Waals surface area contributed by atoms with Crippen molar-refractivity contribution in [3.63, 3.8) is 0 Å². The Morgan fingerprint density at radius 3 is 2.69 bits per heavy atom. The van der Waals surface area contributed by atoms with Gasteiger partial charge in [-0.15, -0.1) is 0 Å². The highest BCUT2D eigenvalue weighted by molar-refractivity contribution is 5.96. The van der Waals surface area contributed by atoms with Crippen molar-refractivity contribution in [2.45, 2.75) is 83.5 Å². The Morgan fingerprint density at radius 2 is 1.97 bits per heavy atom. The molecule has 0 spiro atoms. The molecule has 0 amide bonds. The van der Waals surface area contributed by atoms with Gasteiger partial charge >= 0.3 is 0 Å². The van der Waals surface area contributed by atoms with Crippen molar-refractivity contribution < 1.29 is 14.9 Å². The van der Waals surface area contributed by atoms with Crippen molar-refractivity contribution in [3.8, 4) is 0 Å². The molecule has 32 heavy (non-hydrogen) atoms. The van der Waals surface area contributed by atoms with Crippen LogP contribution >= 0.6 is 0 Å². The Balaban J connectivity index is 1.50. The van der Waals surface area contributed by atoms with Crippen LogP contribution < -0.4 is 5.11 Å². The summed E-state index contributed by atoms with van der Waals surface area (Å²) in [6, 6.07) is 7.44. The number of nitrogens with zero attached hydrogens (tertiary/aromatic N) is 3. The Hall–Kier alpha value is -1.92. The highest BCUT2D eigenvalue weighted by Crippen LogP contribution is 2.39. The second-order valence-corrected chi connectivity index (χ2v) is 10.8. The second kappa shape index (κ2) is 9.52. The van der Waals surface area contributed by atoms with Crippen LogP contribution in [0.15, 0.2) is 34.3 Å². The molecule has 0 radical (unpaired) electrons. The number of benzene rings is 1. The van der Waals surface area contributed by atoms with Crippen molar-refractivity contribution in [2.24, 2.45) is 21.8 Å². The topological polar surface area (TPSA) is 80.5 Å². The molecule has 3 aliphatic rings. The molecule has 4 rings (SSSR count). The van der Waals surface area contributed by atoms with Gasteiger partial charge in [0.05, 0.1) is 11.6 Å². The Bertz CT molecular complexity index is 860. The molecule has 6 nitrogen and oxygen atoms in total. The first-order valence-corrected chi connectivity index (χ1v) is 12.2. The summed E-state index contributed by atoms with van der Waals surface area (Å²) in [6.07, 6.45) is 5.13. The third-order valence-electron chi connectivity index (χ3n) is 7.15. The molecule has 1 aromatic carbocycles. The number of piperidine rings is 1. The smallest absolute Gasteiger partial charge is 0.216 e. The first kappa shape index (κ1) is 23.2. The van der Waals surface area contributed by atoms with E-state index in [0.717, 1.165) is 24.1 Å². The zero-order valence-electron chi connectivity index (χ0n) is 20.0. The molecule has 5 atom stereocenters. The first-order valence-electron chi connectivity index (χ1n) is 12.2. The number of rotatable bonds is 5. The minimum absolute atomic E-state index is 0.0412. The lowest BCUT2D eigenvalue weighted by atomic mass is 9.72. The summed E-state index contributed by atoms with van der Waals surface area (Å²) >= 11 is 0. The van der Waals surface area contributed by atoms with Crippen molar-refractivity contribution >= 4 is 11.8 Å². The van der Waals surface area contributed by atoms with E-state index in [0.29, 0.717) is 30.9 Å². The molecule has 1 aromatic rings. The summed E-state index contributed by atoms with van der Waals surface area (Å²) in [5.41, 5.74) is 1.69. The average molecular weight is 441 g/mol. The van der Waals surface area contributed by atoms with Gasteiger partial charge in [0.1, 0.15) is 12.6 Å². The second-order valence-electron chi connectivity index (χ2n) is 10.8. The summed E-state index contributed by atoms with van der Waals surface area (Å²) in [7, 11) is 0. The van der Waals surface area contributed by atoms with Crippen LogP contribution in [0.2, 0.25) is 0 Å². The lowest BCUT2D eigenvalue weighted by molar-refractivity contribution is -0.229. The van der Waals surface area contributed by atoms with Gasteiger partial charge in [-0.05, 0) is 69.9 Å². The Morgan fingerprint density at radius 1 is 1.25 bits per heavy atom. The van der Waals surface area contributed by atoms with Crippen molar-refractivity contribution in [2.75, 3.05) is 19.7 Å². The maximum atomic E-state index is 13.1. The Kier molecular flexibility index (Phi) is 6.91. The number of fused-ring (bicyclic) bond motifs is 1. The number of hydrogen-bond acceptors (Lipinski definition) is 6. The van der Waals surface area contributed by atoms with Gasteiger partial charge < -0.3 is 14.9 Å². The lowest BCUT2D eigenvalue weighted by Crippen LogP contribution is -2.57. The van der Waals surface area contributed by atoms with E-state index in [2.05, 4.69) is 9.89 Å². The molecular formula is C26H38N3O3-. The van der Waals surface area contributed by atoms with Crippen LogP contribution in [0.4, 0.5) is 0 Å². The van der Waals surface area contributed by atoms with E-state index >= 15 is 0 Å². The predicted octanol–water partition coefficient (Wildman–Crippen LogP) is 2.94. The average Bonchev–Trinajstić information content (AvgIpc) is 3.22. The summed E-state index contributed by atoms with van der Waals surface area (Å²) < 4.78 is 5.85. The zero-order chi connectivity index (χ0) is 22.9. The SMILES string of the molecule is Cc1ccccc1C1=N[C@H]([C@H](O)CN2C[C@H]3CCCC[C@H]3C[C@H]2C([O-])=NC(C)(C)C)CO1. The maximum absolute atomic E-state index is 13.1. The van der Waals surface area contributed by atoms with Crippen LogP contribution in [0.1, 0.15) is 64.0 Å². The number of aliphatic imine (C=N–C) groups is 2. The zero-order valence-corrected chi connectivity index (χ0v) is 20.0. The maximum Gasteiger partial charge on any atom is 0.216 e. The van der Waals surface area contributed by atoms with Crippen LogP contribution in [0, 0.1) is 18.8 Å². The van der Waals surface area contributed by atoms with E-state index in [4.69, 9.17) is 9.73 Å². The third kappa shape index (κ3) is 5.34. The van der Waals surface area contributed by atoms with Gasteiger partial charge in [0, 0.05) is 24.7 Å². The first-order chi connectivity index (χ1) is 15.2.